The van der Waals surface area contributed by atoms with Crippen LogP contribution in [0.25, 0.3) is 0 Å². The molecule has 0 N–H and O–H groups in total. The van der Waals surface area contributed by atoms with Crippen LogP contribution in [0.4, 0.5) is 0 Å². The van der Waals surface area contributed by atoms with E-state index in [-0.39, 0.29) is 17.0 Å². The fourth-order valence-corrected chi connectivity index (χ4v) is 2.44. The minimum atomic E-state index is 0. The van der Waals surface area contributed by atoms with E-state index in [1.807, 2.05) is 0 Å². The summed E-state index contributed by atoms with van der Waals surface area (Å²) >= 11 is 3.55. The average Bonchev–Trinajstić information content (AvgIpc) is 2.30. The molecule has 1 aromatic rings. The molecule has 16 heavy (non-hydrogen) atoms. The van der Waals surface area contributed by atoms with Gasteiger partial charge in [0.2, 0.25) is 0 Å². The molecule has 1 nitrogen and oxygen atoms in total. The van der Waals surface area contributed by atoms with Gasteiger partial charge in [-0.05, 0) is 25.1 Å². The highest BCUT2D eigenvalue weighted by atomic mass is 79.9. The van der Waals surface area contributed by atoms with Gasteiger partial charge < -0.3 is 0 Å². The maximum atomic E-state index is 3.55. The van der Waals surface area contributed by atoms with Crippen molar-refractivity contribution in [3.8, 4) is 0 Å². The molecule has 1 unspecified atom stereocenters. The molecule has 1 atom stereocenters. The molecule has 0 aliphatic carbocycles. The summed E-state index contributed by atoms with van der Waals surface area (Å²) in [6, 6.07) is 11.3. The molecule has 1 rings (SSSR count). The Morgan fingerprint density at radius 1 is 1.12 bits per heavy atom. The van der Waals surface area contributed by atoms with E-state index < -0.39 is 0 Å². The van der Waals surface area contributed by atoms with E-state index in [0.717, 1.165) is 18.4 Å². The maximum Gasteiger partial charge on any atom is 0.0355 e. The Kier molecular flexibility index (Phi) is 9.28. The number of hydrogen-bond donors (Lipinski definition) is 0. The highest BCUT2D eigenvalue weighted by Crippen LogP contribution is 2.24. The van der Waals surface area contributed by atoms with E-state index in [2.05, 4.69) is 65.0 Å². The first kappa shape index (κ1) is 16.1. The zero-order valence-corrected chi connectivity index (χ0v) is 13.3. The predicted octanol–water partition coefficient (Wildman–Crippen LogP) is 4.43. The Balaban J connectivity index is 0.00000225. The molecule has 0 fully saturated rings. The van der Waals surface area contributed by atoms with E-state index in [1.165, 1.54) is 12.0 Å². The normalized spacial score (nSPS) is 12.2. The fraction of sp³-hybridized carbons (Fsp3) is 0.538. The van der Waals surface area contributed by atoms with Gasteiger partial charge in [-0.15, -0.1) is 17.0 Å². The van der Waals surface area contributed by atoms with Crippen LogP contribution in [-0.4, -0.2) is 23.3 Å². The Morgan fingerprint density at radius 3 is 2.12 bits per heavy atom. The first-order chi connectivity index (χ1) is 7.33. The fourth-order valence-electron chi connectivity index (χ4n) is 2.00. The van der Waals surface area contributed by atoms with Crippen LogP contribution in [0.1, 0.15) is 31.9 Å². The standard InChI is InChI=1S/C13H20BrN.BrH/c1-3-15(4-2)13(10-11-14)12-8-6-5-7-9-12;/h5-9,13H,3-4,10-11H2,1-2H3;1H. The molecule has 1 aromatic carbocycles. The second-order valence-corrected chi connectivity index (χ2v) is 4.42. The SMILES string of the molecule is Br.CCN(CC)C(CCBr)c1ccccc1. The summed E-state index contributed by atoms with van der Waals surface area (Å²) in [5, 5.41) is 1.06. The largest absolute Gasteiger partial charge is 0.297 e. The number of alkyl halides is 1. The Hall–Kier alpha value is 0.140. The molecule has 0 bridgehead atoms. The predicted molar refractivity (Wildman–Crippen MR) is 80.8 cm³/mol. The van der Waals surface area contributed by atoms with Crippen molar-refractivity contribution in [1.29, 1.82) is 0 Å². The minimum Gasteiger partial charge on any atom is -0.297 e. The Morgan fingerprint density at radius 2 is 1.69 bits per heavy atom. The lowest BCUT2D eigenvalue weighted by Crippen LogP contribution is -2.28. The van der Waals surface area contributed by atoms with E-state index in [4.69, 9.17) is 0 Å². The Labute approximate surface area is 118 Å². The molecule has 0 saturated carbocycles. The lowest BCUT2D eigenvalue weighted by atomic mass is 10.0. The summed E-state index contributed by atoms with van der Waals surface area (Å²) in [4.78, 5) is 2.51. The van der Waals surface area contributed by atoms with Crippen LogP contribution < -0.4 is 0 Å². The minimum absolute atomic E-state index is 0. The van der Waals surface area contributed by atoms with E-state index in [0.29, 0.717) is 6.04 Å². The van der Waals surface area contributed by atoms with Crippen molar-refractivity contribution < 1.29 is 0 Å². The lowest BCUT2D eigenvalue weighted by Gasteiger charge is -2.29. The molecule has 0 aromatic heterocycles. The third kappa shape index (κ3) is 4.56. The van der Waals surface area contributed by atoms with Gasteiger partial charge in [0.25, 0.3) is 0 Å². The molecule has 0 heterocycles. The summed E-state index contributed by atoms with van der Waals surface area (Å²) in [5.74, 6) is 0. The van der Waals surface area contributed by atoms with Crippen LogP contribution in [0.2, 0.25) is 0 Å². The zero-order valence-electron chi connectivity index (χ0n) is 10.0. The van der Waals surface area contributed by atoms with Gasteiger partial charge >= 0.3 is 0 Å². The number of rotatable bonds is 6. The van der Waals surface area contributed by atoms with Crippen LogP contribution in [0, 0.1) is 0 Å². The van der Waals surface area contributed by atoms with Gasteiger partial charge in [-0.2, -0.15) is 0 Å². The van der Waals surface area contributed by atoms with Crippen LogP contribution >= 0.6 is 32.9 Å². The first-order valence-electron chi connectivity index (χ1n) is 5.68. The van der Waals surface area contributed by atoms with Gasteiger partial charge in [-0.1, -0.05) is 60.1 Å². The van der Waals surface area contributed by atoms with Crippen LogP contribution in [0.5, 0.6) is 0 Å². The van der Waals surface area contributed by atoms with Gasteiger partial charge in [0.15, 0.2) is 0 Å². The molecule has 0 radical (unpaired) electrons. The number of nitrogens with zero attached hydrogens (tertiary/aromatic N) is 1. The van der Waals surface area contributed by atoms with Gasteiger partial charge in [0.05, 0.1) is 0 Å². The maximum absolute atomic E-state index is 3.55. The topological polar surface area (TPSA) is 3.24 Å². The molecule has 3 heteroatoms. The van der Waals surface area contributed by atoms with E-state index >= 15 is 0 Å². The van der Waals surface area contributed by atoms with Gasteiger partial charge in [0.1, 0.15) is 0 Å². The zero-order chi connectivity index (χ0) is 11.1. The highest BCUT2D eigenvalue weighted by Gasteiger charge is 2.16. The van der Waals surface area contributed by atoms with Gasteiger partial charge in [-0.3, -0.25) is 4.90 Å². The second kappa shape index (κ2) is 9.20. The number of halogens is 2. The molecule has 0 aliphatic rings. The molecular formula is C13H21Br2N. The number of hydrogen-bond acceptors (Lipinski definition) is 1. The summed E-state index contributed by atoms with van der Waals surface area (Å²) < 4.78 is 0. The number of benzene rings is 1. The highest BCUT2D eigenvalue weighted by molar-refractivity contribution is 9.09. The van der Waals surface area contributed by atoms with Crippen LogP contribution in [0.3, 0.4) is 0 Å². The summed E-state index contributed by atoms with van der Waals surface area (Å²) in [7, 11) is 0. The summed E-state index contributed by atoms with van der Waals surface area (Å²) in [5.41, 5.74) is 1.43. The van der Waals surface area contributed by atoms with Crippen molar-refractivity contribution in [2.24, 2.45) is 0 Å². The third-order valence-corrected chi connectivity index (χ3v) is 3.28. The molecule has 0 spiro atoms. The Bertz CT molecular complexity index is 260. The van der Waals surface area contributed by atoms with Crippen molar-refractivity contribution in [2.75, 3.05) is 18.4 Å². The smallest absolute Gasteiger partial charge is 0.0355 e. The second-order valence-electron chi connectivity index (χ2n) is 3.63. The van der Waals surface area contributed by atoms with Crippen molar-refractivity contribution in [3.63, 3.8) is 0 Å². The molecule has 0 amide bonds. The summed E-state index contributed by atoms with van der Waals surface area (Å²) in [6.07, 6.45) is 1.17. The first-order valence-corrected chi connectivity index (χ1v) is 6.80. The van der Waals surface area contributed by atoms with E-state index in [1.54, 1.807) is 0 Å². The van der Waals surface area contributed by atoms with Gasteiger partial charge in [0, 0.05) is 11.4 Å². The van der Waals surface area contributed by atoms with Crippen molar-refractivity contribution in [3.05, 3.63) is 35.9 Å². The van der Waals surface area contributed by atoms with Crippen LogP contribution in [-0.2, 0) is 0 Å². The summed E-state index contributed by atoms with van der Waals surface area (Å²) in [6.45, 7) is 6.69. The van der Waals surface area contributed by atoms with Crippen molar-refractivity contribution in [1.82, 2.24) is 4.90 Å². The third-order valence-electron chi connectivity index (χ3n) is 2.82. The van der Waals surface area contributed by atoms with Crippen LogP contribution in [0.15, 0.2) is 30.3 Å². The van der Waals surface area contributed by atoms with Crippen molar-refractivity contribution >= 4 is 32.9 Å². The van der Waals surface area contributed by atoms with Gasteiger partial charge in [-0.25, -0.2) is 0 Å². The molecule has 0 saturated heterocycles. The average molecular weight is 351 g/mol. The quantitative estimate of drug-likeness (QED) is 0.686. The molecular weight excluding hydrogens is 330 g/mol. The molecule has 0 aliphatic heterocycles. The van der Waals surface area contributed by atoms with E-state index in [9.17, 15) is 0 Å². The monoisotopic (exact) mass is 349 g/mol. The van der Waals surface area contributed by atoms with Crippen molar-refractivity contribution in [2.45, 2.75) is 26.3 Å². The lowest BCUT2D eigenvalue weighted by molar-refractivity contribution is 0.215. The molecule has 92 valence electrons.